The number of allylic oxidation sites excluding steroid dienone is 3. The van der Waals surface area contributed by atoms with Gasteiger partial charge in [0.15, 0.2) is 0 Å². The van der Waals surface area contributed by atoms with Crippen molar-refractivity contribution in [2.75, 3.05) is 18.0 Å². The van der Waals surface area contributed by atoms with Gasteiger partial charge in [-0.25, -0.2) is 0 Å². The molecule has 0 amide bonds. The first-order valence-corrected chi connectivity index (χ1v) is 13.0. The zero-order valence-corrected chi connectivity index (χ0v) is 26.2. The van der Waals surface area contributed by atoms with Crippen LogP contribution >= 0.6 is 0 Å². The molecule has 3 rings (SSSR count). The van der Waals surface area contributed by atoms with Gasteiger partial charge in [0.25, 0.3) is 0 Å². The summed E-state index contributed by atoms with van der Waals surface area (Å²) in [6.07, 6.45) is 12.7. The molecule has 1 fully saturated rings. The molecule has 0 unspecified atom stereocenters. The Kier molecular flexibility index (Phi) is 13.4. The quantitative estimate of drug-likeness (QED) is 0.201. The number of anilines is 1. The van der Waals surface area contributed by atoms with Crippen molar-refractivity contribution in [3.63, 3.8) is 0 Å². The molecule has 1 heterocycles. The van der Waals surface area contributed by atoms with Crippen molar-refractivity contribution < 1.29 is 51.4 Å². The molecule has 0 bridgehead atoms. The van der Waals surface area contributed by atoms with Crippen LogP contribution in [0.1, 0.15) is 60.3 Å². The number of piperidine rings is 1. The van der Waals surface area contributed by atoms with E-state index >= 15 is 0 Å². The second-order valence-electron chi connectivity index (χ2n) is 9.66. The third-order valence-electron chi connectivity index (χ3n) is 7.34. The van der Waals surface area contributed by atoms with E-state index in [-0.39, 0.29) is 57.4 Å². The molecule has 0 aliphatic carbocycles. The molecule has 0 saturated carbocycles. The van der Waals surface area contributed by atoms with Crippen molar-refractivity contribution in [1.82, 2.24) is 4.90 Å². The molecule has 0 spiro atoms. The van der Waals surface area contributed by atoms with Crippen LogP contribution in [-0.2, 0) is 0 Å². The Hall–Kier alpha value is -1.62. The molecule has 2 aromatic carbocycles. The Balaban J connectivity index is 0.00000481. The largest absolute Gasteiger partial charge is 1.00 e. The van der Waals surface area contributed by atoms with Gasteiger partial charge in [0.1, 0.15) is 0 Å². The van der Waals surface area contributed by atoms with Gasteiger partial charge in [-0.2, -0.15) is 12.8 Å². The summed E-state index contributed by atoms with van der Waals surface area (Å²) < 4.78 is 0. The van der Waals surface area contributed by atoms with Crippen molar-refractivity contribution in [1.29, 1.82) is 0 Å². The topological polar surface area (TPSA) is 6.48 Å². The summed E-state index contributed by atoms with van der Waals surface area (Å²) in [4.78, 5) is 4.63. The molecule has 1 aliphatic rings. The van der Waals surface area contributed by atoms with Crippen LogP contribution in [0.15, 0.2) is 92.7 Å². The predicted molar refractivity (Wildman–Crippen MR) is 160 cm³/mol. The molecule has 37 heavy (non-hydrogen) atoms. The normalized spacial score (nSPS) is 13.9. The number of hydrogen-bond donors (Lipinski definition) is 0. The van der Waals surface area contributed by atoms with Crippen molar-refractivity contribution >= 4 is 17.5 Å². The second-order valence-corrected chi connectivity index (χ2v) is 9.66. The average Bonchev–Trinajstić information content (AvgIpc) is 2.91. The fraction of sp³-hybridized carbons (Fsp3) is 0.294. The van der Waals surface area contributed by atoms with E-state index in [1.54, 1.807) is 0 Å². The Morgan fingerprint density at radius 2 is 1.70 bits per heavy atom. The summed E-state index contributed by atoms with van der Waals surface area (Å²) in [5.74, 6) is 0.614. The Labute approximate surface area is 269 Å². The van der Waals surface area contributed by atoms with Crippen LogP contribution in [0.25, 0.3) is 11.8 Å². The molecule has 2 nitrogen and oxygen atoms in total. The van der Waals surface area contributed by atoms with E-state index < -0.39 is 0 Å². The van der Waals surface area contributed by atoms with Crippen molar-refractivity contribution in [3.8, 4) is 0 Å². The summed E-state index contributed by atoms with van der Waals surface area (Å²) in [5, 5.41) is 0. The third kappa shape index (κ3) is 8.43. The molecule has 1 saturated heterocycles. The van der Waals surface area contributed by atoms with Crippen LogP contribution in [0.3, 0.4) is 0 Å². The minimum Gasteiger partial charge on any atom is -0.371 e. The summed E-state index contributed by atoms with van der Waals surface area (Å²) >= 11 is 0. The number of rotatable bonds is 12. The number of benzene rings is 2. The summed E-state index contributed by atoms with van der Waals surface area (Å²) in [6.45, 7) is 28.5. The van der Waals surface area contributed by atoms with Gasteiger partial charge in [-0.15, -0.1) is 0 Å². The monoisotopic (exact) mass is 517 g/mol. The zero-order chi connectivity index (χ0) is 26.1. The standard InChI is InChI=1S/C34H42N2.K/c1-8-26(5)13-12-14-29-15-17-30(18-16-29)31-21-23-35(24-22-31)33-19-20-34(27(6)25-33)28(7)36(11-4)32(9-2)10-3;/h8,11-12,14-20,25,31-32H,1-5,7,9-10,13,21-24H2,6H3;/q-2;+1/b14-12+;. The molecule has 0 atom stereocenters. The van der Waals surface area contributed by atoms with Gasteiger partial charge in [-0.3, -0.25) is 0 Å². The molecular formula is C34H42KN2-. The minimum atomic E-state index is 0. The van der Waals surface area contributed by atoms with E-state index in [0.29, 0.717) is 5.92 Å². The van der Waals surface area contributed by atoms with Crippen molar-refractivity contribution in [2.24, 2.45) is 0 Å². The number of hydrogen-bond acceptors (Lipinski definition) is 2. The van der Waals surface area contributed by atoms with Crippen LogP contribution in [0.5, 0.6) is 0 Å². The first-order chi connectivity index (χ1) is 17.4. The van der Waals surface area contributed by atoms with E-state index in [1.807, 2.05) is 12.3 Å². The number of nitrogens with zero attached hydrogens (tertiary/aromatic N) is 2. The van der Waals surface area contributed by atoms with Crippen molar-refractivity contribution in [3.05, 3.63) is 129 Å². The summed E-state index contributed by atoms with van der Waals surface area (Å²) in [5.41, 5.74) is 8.37. The van der Waals surface area contributed by atoms with Gasteiger partial charge in [-0.1, -0.05) is 80.4 Å². The van der Waals surface area contributed by atoms with E-state index in [2.05, 4.69) is 112 Å². The van der Waals surface area contributed by atoms with Crippen LogP contribution in [0, 0.1) is 20.8 Å². The summed E-state index contributed by atoms with van der Waals surface area (Å²) in [7, 11) is 0. The smallest absolute Gasteiger partial charge is 0.371 e. The Bertz CT molecular complexity index is 1080. The predicted octanol–water partition coefficient (Wildman–Crippen LogP) is 5.76. The van der Waals surface area contributed by atoms with Crippen LogP contribution < -0.4 is 56.3 Å². The van der Waals surface area contributed by atoms with E-state index in [1.165, 1.54) is 35.2 Å². The van der Waals surface area contributed by atoms with Gasteiger partial charge in [-0.05, 0) is 73.2 Å². The van der Waals surface area contributed by atoms with Gasteiger partial charge in [0.2, 0.25) is 0 Å². The SMILES string of the molecule is C=CC(=C)C/C=C/c1ccc(C2CCN(c3ccc(C(=C)N(C=C)C(C[CH2-])C[CH2-])c(C)c3)CC2)cc1.[K+]. The molecule has 0 N–H and O–H groups in total. The first kappa shape index (κ1) is 31.6. The van der Waals surface area contributed by atoms with Gasteiger partial charge < -0.3 is 23.6 Å². The molecular weight excluding hydrogens is 475 g/mol. The van der Waals surface area contributed by atoms with Gasteiger partial charge in [0, 0.05) is 30.0 Å². The fourth-order valence-corrected chi connectivity index (χ4v) is 4.99. The molecule has 190 valence electrons. The molecule has 0 radical (unpaired) electrons. The van der Waals surface area contributed by atoms with Gasteiger partial charge >= 0.3 is 51.4 Å². The van der Waals surface area contributed by atoms with Crippen LogP contribution in [-0.4, -0.2) is 24.0 Å². The van der Waals surface area contributed by atoms with Crippen LogP contribution in [0.4, 0.5) is 5.69 Å². The fourth-order valence-electron chi connectivity index (χ4n) is 4.99. The molecule has 1 aliphatic heterocycles. The maximum Gasteiger partial charge on any atom is 1.00 e. The summed E-state index contributed by atoms with van der Waals surface area (Å²) in [6, 6.07) is 16.0. The molecule has 2 aromatic rings. The zero-order valence-electron chi connectivity index (χ0n) is 23.1. The van der Waals surface area contributed by atoms with Crippen molar-refractivity contribution in [2.45, 2.75) is 51.0 Å². The second kappa shape index (κ2) is 15.7. The maximum absolute atomic E-state index is 4.37. The average molecular weight is 518 g/mol. The molecule has 0 aromatic heterocycles. The minimum absolute atomic E-state index is 0. The first-order valence-electron chi connectivity index (χ1n) is 13.0. The Morgan fingerprint density at radius 3 is 2.24 bits per heavy atom. The van der Waals surface area contributed by atoms with Crippen LogP contribution in [0.2, 0.25) is 0 Å². The number of aryl methyl sites for hydroxylation is 1. The molecule has 3 heteroatoms. The van der Waals surface area contributed by atoms with E-state index in [4.69, 9.17) is 0 Å². The maximum atomic E-state index is 4.37. The van der Waals surface area contributed by atoms with Gasteiger partial charge in [0.05, 0.1) is 0 Å². The Morgan fingerprint density at radius 1 is 1.05 bits per heavy atom. The van der Waals surface area contributed by atoms with E-state index in [0.717, 1.165) is 49.2 Å². The van der Waals surface area contributed by atoms with E-state index in [9.17, 15) is 0 Å². The third-order valence-corrected chi connectivity index (χ3v) is 7.34.